The summed E-state index contributed by atoms with van der Waals surface area (Å²) in [5, 5.41) is 12.1. The van der Waals surface area contributed by atoms with Crippen LogP contribution in [-0.4, -0.2) is 14.7 Å². The first-order valence-electron chi connectivity index (χ1n) is 8.25. The monoisotopic (exact) mass is 382 g/mol. The van der Waals surface area contributed by atoms with Gasteiger partial charge in [0.2, 0.25) is 0 Å². The van der Waals surface area contributed by atoms with Gasteiger partial charge in [0.15, 0.2) is 0 Å². The largest absolute Gasteiger partial charge is 0.380 e. The number of aromatic nitrogens is 2. The van der Waals surface area contributed by atoms with Gasteiger partial charge in [0, 0.05) is 10.0 Å². The van der Waals surface area contributed by atoms with Crippen molar-refractivity contribution >= 4 is 34.2 Å². The van der Waals surface area contributed by atoms with Crippen molar-refractivity contribution < 1.29 is 5.11 Å². The molecule has 1 aromatic heterocycles. The van der Waals surface area contributed by atoms with Crippen molar-refractivity contribution in [1.29, 1.82) is 0 Å². The van der Waals surface area contributed by atoms with E-state index in [1.807, 2.05) is 71.3 Å². The van der Waals surface area contributed by atoms with E-state index in [2.05, 4.69) is 4.98 Å². The highest BCUT2D eigenvalue weighted by atomic mass is 35.5. The minimum absolute atomic E-state index is 0.496. The van der Waals surface area contributed by atoms with E-state index in [4.69, 9.17) is 23.2 Å². The maximum absolute atomic E-state index is 10.9. The summed E-state index contributed by atoms with van der Waals surface area (Å²) in [6.45, 7) is 0.496. The zero-order valence-electron chi connectivity index (χ0n) is 13.8. The average Bonchev–Trinajstić information content (AvgIpc) is 3.02. The summed E-state index contributed by atoms with van der Waals surface area (Å²) >= 11 is 12.4. The lowest BCUT2D eigenvalue weighted by Gasteiger charge is -2.15. The van der Waals surface area contributed by atoms with Gasteiger partial charge in [-0.05, 0) is 35.4 Å². The SMILES string of the molecule is O[C@@H](c1ccccc1)c1nc2ccccc2n1Cc1ccc(Cl)cc1Cl. The van der Waals surface area contributed by atoms with Gasteiger partial charge in [-0.3, -0.25) is 0 Å². The molecule has 0 aliphatic rings. The van der Waals surface area contributed by atoms with Crippen LogP contribution in [0, 0.1) is 0 Å². The minimum atomic E-state index is -0.824. The number of hydrogen-bond donors (Lipinski definition) is 1. The molecule has 4 rings (SSSR count). The van der Waals surface area contributed by atoms with Gasteiger partial charge < -0.3 is 9.67 Å². The summed E-state index contributed by atoms with van der Waals surface area (Å²) in [5.74, 6) is 0.586. The molecule has 0 aliphatic heterocycles. The number of aliphatic hydroxyl groups is 1. The molecule has 0 fully saturated rings. The van der Waals surface area contributed by atoms with Gasteiger partial charge in [0.1, 0.15) is 11.9 Å². The second kappa shape index (κ2) is 7.12. The Balaban J connectivity index is 1.84. The fraction of sp³-hybridized carbons (Fsp3) is 0.0952. The highest BCUT2D eigenvalue weighted by Crippen LogP contribution is 2.28. The van der Waals surface area contributed by atoms with Gasteiger partial charge in [-0.25, -0.2) is 4.98 Å². The Hall–Kier alpha value is -2.33. The van der Waals surface area contributed by atoms with Crippen LogP contribution in [0.15, 0.2) is 72.8 Å². The van der Waals surface area contributed by atoms with Gasteiger partial charge >= 0.3 is 0 Å². The number of benzene rings is 3. The molecule has 0 saturated heterocycles. The van der Waals surface area contributed by atoms with E-state index in [0.717, 1.165) is 22.2 Å². The van der Waals surface area contributed by atoms with Crippen molar-refractivity contribution in [3.05, 3.63) is 99.8 Å². The fourth-order valence-corrected chi connectivity index (χ4v) is 3.54. The molecule has 0 radical (unpaired) electrons. The Morgan fingerprint density at radius 2 is 1.65 bits per heavy atom. The van der Waals surface area contributed by atoms with Crippen molar-refractivity contribution in [2.45, 2.75) is 12.6 Å². The summed E-state index contributed by atoms with van der Waals surface area (Å²) < 4.78 is 2.00. The van der Waals surface area contributed by atoms with Crippen molar-refractivity contribution in [2.75, 3.05) is 0 Å². The average molecular weight is 383 g/mol. The van der Waals surface area contributed by atoms with Crippen molar-refractivity contribution in [1.82, 2.24) is 9.55 Å². The molecule has 1 heterocycles. The Labute approximate surface area is 161 Å². The number of aliphatic hydroxyl groups excluding tert-OH is 1. The Kier molecular flexibility index (Phi) is 4.68. The molecule has 130 valence electrons. The van der Waals surface area contributed by atoms with Crippen LogP contribution in [0.3, 0.4) is 0 Å². The molecule has 1 N–H and O–H groups in total. The topological polar surface area (TPSA) is 38.1 Å². The smallest absolute Gasteiger partial charge is 0.143 e. The van der Waals surface area contributed by atoms with Crippen LogP contribution >= 0.6 is 23.2 Å². The second-order valence-corrected chi connectivity index (χ2v) is 6.94. The molecule has 3 aromatic carbocycles. The van der Waals surface area contributed by atoms with E-state index in [0.29, 0.717) is 22.4 Å². The van der Waals surface area contributed by atoms with Gasteiger partial charge in [-0.15, -0.1) is 0 Å². The third-order valence-electron chi connectivity index (χ3n) is 4.39. The molecule has 1 atom stereocenters. The standard InChI is InChI=1S/C21H16Cl2N2O/c22-16-11-10-15(17(23)12-16)13-25-19-9-5-4-8-18(19)24-21(25)20(26)14-6-2-1-3-7-14/h1-12,20,26H,13H2/t20-/m0/s1. The quantitative estimate of drug-likeness (QED) is 0.507. The van der Waals surface area contributed by atoms with Crippen LogP contribution < -0.4 is 0 Å². The summed E-state index contributed by atoms with van der Waals surface area (Å²) in [4.78, 5) is 4.68. The van der Waals surface area contributed by atoms with Crippen molar-refractivity contribution in [2.24, 2.45) is 0 Å². The molecule has 3 nitrogen and oxygen atoms in total. The second-order valence-electron chi connectivity index (χ2n) is 6.09. The lowest BCUT2D eigenvalue weighted by Crippen LogP contribution is -2.11. The van der Waals surface area contributed by atoms with Gasteiger partial charge in [-0.2, -0.15) is 0 Å². The first-order valence-corrected chi connectivity index (χ1v) is 9.01. The number of imidazole rings is 1. The predicted molar refractivity (Wildman–Crippen MR) is 106 cm³/mol. The first kappa shape index (κ1) is 17.1. The number of halogens is 2. The molecule has 0 amide bonds. The molecule has 5 heteroatoms. The van der Waals surface area contributed by atoms with E-state index in [1.165, 1.54) is 0 Å². The first-order chi connectivity index (χ1) is 12.6. The molecule has 4 aromatic rings. The highest BCUT2D eigenvalue weighted by molar-refractivity contribution is 6.35. The zero-order valence-corrected chi connectivity index (χ0v) is 15.3. The highest BCUT2D eigenvalue weighted by Gasteiger charge is 2.20. The molecule has 0 bridgehead atoms. The number of fused-ring (bicyclic) bond motifs is 1. The summed E-state index contributed by atoms with van der Waals surface area (Å²) in [7, 11) is 0. The van der Waals surface area contributed by atoms with Crippen LogP contribution in [0.1, 0.15) is 23.1 Å². The lowest BCUT2D eigenvalue weighted by molar-refractivity contribution is 0.206. The summed E-state index contributed by atoms with van der Waals surface area (Å²) in [5.41, 5.74) is 3.50. The maximum atomic E-state index is 10.9. The van der Waals surface area contributed by atoms with Crippen molar-refractivity contribution in [3.63, 3.8) is 0 Å². The van der Waals surface area contributed by atoms with Gasteiger partial charge in [0.05, 0.1) is 17.6 Å². The number of para-hydroxylation sites is 2. The van der Waals surface area contributed by atoms with Gasteiger partial charge in [0.25, 0.3) is 0 Å². The Morgan fingerprint density at radius 3 is 2.42 bits per heavy atom. The maximum Gasteiger partial charge on any atom is 0.143 e. The molecule has 0 unspecified atom stereocenters. The summed E-state index contributed by atoms with van der Waals surface area (Å²) in [6.07, 6.45) is -0.824. The van der Waals surface area contributed by atoms with E-state index < -0.39 is 6.10 Å². The van der Waals surface area contributed by atoms with E-state index in [-0.39, 0.29) is 0 Å². The molecule has 26 heavy (non-hydrogen) atoms. The Bertz CT molecular complexity index is 1060. The zero-order chi connectivity index (χ0) is 18.1. The molecule has 0 spiro atoms. The fourth-order valence-electron chi connectivity index (χ4n) is 3.07. The van der Waals surface area contributed by atoms with Crippen LogP contribution in [0.25, 0.3) is 11.0 Å². The third-order valence-corrected chi connectivity index (χ3v) is 4.97. The molecular weight excluding hydrogens is 367 g/mol. The van der Waals surface area contributed by atoms with Crippen molar-refractivity contribution in [3.8, 4) is 0 Å². The van der Waals surface area contributed by atoms with Crippen LogP contribution in [0.2, 0.25) is 10.0 Å². The normalized spacial score (nSPS) is 12.4. The Morgan fingerprint density at radius 1 is 0.923 bits per heavy atom. The number of nitrogens with zero attached hydrogens (tertiary/aromatic N) is 2. The van der Waals surface area contributed by atoms with E-state index >= 15 is 0 Å². The molecular formula is C21H16Cl2N2O. The summed E-state index contributed by atoms with van der Waals surface area (Å²) in [6, 6.07) is 22.8. The molecule has 0 aliphatic carbocycles. The predicted octanol–water partition coefficient (Wildman–Crippen LogP) is 5.47. The minimum Gasteiger partial charge on any atom is -0.380 e. The molecule has 0 saturated carbocycles. The van der Waals surface area contributed by atoms with E-state index in [1.54, 1.807) is 6.07 Å². The van der Waals surface area contributed by atoms with E-state index in [9.17, 15) is 5.11 Å². The lowest BCUT2D eigenvalue weighted by atomic mass is 10.1. The third kappa shape index (κ3) is 3.21. The van der Waals surface area contributed by atoms with Crippen LogP contribution in [-0.2, 0) is 6.54 Å². The number of hydrogen-bond acceptors (Lipinski definition) is 2. The van der Waals surface area contributed by atoms with Crippen LogP contribution in [0.5, 0.6) is 0 Å². The number of rotatable bonds is 4. The van der Waals surface area contributed by atoms with Gasteiger partial charge in [-0.1, -0.05) is 71.7 Å². The van der Waals surface area contributed by atoms with Crippen LogP contribution in [0.4, 0.5) is 0 Å².